The number of benzene rings is 1. The maximum Gasteiger partial charge on any atom is 0.333 e. The van der Waals surface area contributed by atoms with Gasteiger partial charge in [0.1, 0.15) is 33.0 Å². The quantitative estimate of drug-likeness (QED) is 0.255. The van der Waals surface area contributed by atoms with E-state index in [4.69, 9.17) is 14.7 Å². The molecule has 11 nitrogen and oxygen atoms in total. The van der Waals surface area contributed by atoms with Crippen LogP contribution in [0.3, 0.4) is 0 Å². The molecule has 0 aliphatic heterocycles. The van der Waals surface area contributed by atoms with Crippen LogP contribution in [0.4, 0.5) is 4.39 Å². The SMILES string of the molecule is COc1ccc(F)cc1C(Cn1c(=O)n(C(C)(C)C(=O)NC2CCC2)c(=O)c2c(C)c(-n3cccn3)sc21)OCCC#N. The van der Waals surface area contributed by atoms with E-state index in [9.17, 15) is 18.8 Å². The van der Waals surface area contributed by atoms with Crippen molar-refractivity contribution in [2.24, 2.45) is 0 Å². The molecule has 4 aromatic rings. The van der Waals surface area contributed by atoms with Gasteiger partial charge in [-0.05, 0) is 64.3 Å². The molecule has 0 bridgehead atoms. The van der Waals surface area contributed by atoms with Gasteiger partial charge in [0, 0.05) is 29.6 Å². The molecular weight excluding hydrogens is 575 g/mol. The number of rotatable bonds is 11. The highest BCUT2D eigenvalue weighted by Gasteiger charge is 2.37. The van der Waals surface area contributed by atoms with E-state index < -0.39 is 34.6 Å². The van der Waals surface area contributed by atoms with Crippen LogP contribution >= 0.6 is 11.3 Å². The first kappa shape index (κ1) is 30.2. The number of halogens is 1. The highest BCUT2D eigenvalue weighted by molar-refractivity contribution is 7.21. The lowest BCUT2D eigenvalue weighted by atomic mass is 9.91. The summed E-state index contributed by atoms with van der Waals surface area (Å²) in [6.07, 6.45) is 5.16. The fourth-order valence-corrected chi connectivity index (χ4v) is 6.47. The van der Waals surface area contributed by atoms with E-state index in [1.54, 1.807) is 43.9 Å². The van der Waals surface area contributed by atoms with Gasteiger partial charge in [0.25, 0.3) is 5.56 Å². The molecule has 1 aromatic carbocycles. The van der Waals surface area contributed by atoms with Crippen LogP contribution in [0.5, 0.6) is 5.75 Å². The molecule has 1 atom stereocenters. The van der Waals surface area contributed by atoms with Crippen molar-refractivity contribution in [2.45, 2.75) is 70.7 Å². The van der Waals surface area contributed by atoms with Gasteiger partial charge in [0.05, 0.1) is 38.1 Å². The smallest absolute Gasteiger partial charge is 0.333 e. The summed E-state index contributed by atoms with van der Waals surface area (Å²) in [5.74, 6) is -0.634. The summed E-state index contributed by atoms with van der Waals surface area (Å²) in [7, 11) is 1.44. The van der Waals surface area contributed by atoms with Gasteiger partial charge in [-0.25, -0.2) is 18.4 Å². The Labute approximate surface area is 251 Å². The zero-order valence-corrected chi connectivity index (χ0v) is 25.2. The molecule has 226 valence electrons. The molecular formula is C30H33FN6O5S. The fourth-order valence-electron chi connectivity index (χ4n) is 5.22. The molecule has 0 radical (unpaired) electrons. The van der Waals surface area contributed by atoms with Crippen molar-refractivity contribution >= 4 is 27.5 Å². The molecule has 1 fully saturated rings. The Kier molecular flexibility index (Phi) is 8.52. The molecule has 1 aliphatic carbocycles. The summed E-state index contributed by atoms with van der Waals surface area (Å²) in [4.78, 5) is 42.4. The number of methoxy groups -OCH3 is 1. The van der Waals surface area contributed by atoms with Gasteiger partial charge in [-0.2, -0.15) is 10.4 Å². The lowest BCUT2D eigenvalue weighted by Crippen LogP contribution is -2.57. The van der Waals surface area contributed by atoms with Gasteiger partial charge < -0.3 is 14.8 Å². The maximum atomic E-state index is 14.5. The Balaban J connectivity index is 1.74. The van der Waals surface area contributed by atoms with Crippen LogP contribution in [0.25, 0.3) is 15.2 Å². The van der Waals surface area contributed by atoms with Crippen LogP contribution in [0.1, 0.15) is 56.8 Å². The zero-order chi connectivity index (χ0) is 30.9. The number of carbonyl (C=O) groups is 1. The number of hydrogen-bond acceptors (Lipinski definition) is 8. The third-order valence-electron chi connectivity index (χ3n) is 7.87. The molecule has 1 unspecified atom stereocenters. The minimum atomic E-state index is -1.53. The zero-order valence-electron chi connectivity index (χ0n) is 24.4. The van der Waals surface area contributed by atoms with Crippen molar-refractivity contribution in [2.75, 3.05) is 13.7 Å². The largest absolute Gasteiger partial charge is 0.496 e. The van der Waals surface area contributed by atoms with Gasteiger partial charge in [0.2, 0.25) is 5.91 Å². The van der Waals surface area contributed by atoms with E-state index in [2.05, 4.69) is 10.4 Å². The third-order valence-corrected chi connectivity index (χ3v) is 9.18. The molecule has 43 heavy (non-hydrogen) atoms. The predicted octanol–water partition coefficient (Wildman–Crippen LogP) is 3.94. The van der Waals surface area contributed by atoms with Crippen molar-refractivity contribution < 1.29 is 18.7 Å². The molecule has 5 rings (SSSR count). The number of hydrogen-bond donors (Lipinski definition) is 1. The van der Waals surface area contributed by atoms with Crippen LogP contribution < -0.4 is 21.3 Å². The van der Waals surface area contributed by atoms with E-state index in [-0.39, 0.29) is 31.0 Å². The summed E-state index contributed by atoms with van der Waals surface area (Å²) < 4.78 is 30.0. The van der Waals surface area contributed by atoms with Crippen LogP contribution in [0.15, 0.2) is 46.2 Å². The minimum absolute atomic E-state index is 0.00101. The van der Waals surface area contributed by atoms with E-state index >= 15 is 0 Å². The van der Waals surface area contributed by atoms with Crippen LogP contribution in [0, 0.1) is 24.1 Å². The number of fused-ring (bicyclic) bond motifs is 1. The maximum absolute atomic E-state index is 14.5. The average Bonchev–Trinajstić information content (AvgIpc) is 3.60. The minimum Gasteiger partial charge on any atom is -0.496 e. The first-order valence-electron chi connectivity index (χ1n) is 14.0. The topological polar surface area (TPSA) is 133 Å². The average molecular weight is 609 g/mol. The molecule has 1 N–H and O–H groups in total. The predicted molar refractivity (Wildman–Crippen MR) is 159 cm³/mol. The Morgan fingerprint density at radius 1 is 1.33 bits per heavy atom. The molecule has 1 saturated carbocycles. The number of amides is 1. The summed E-state index contributed by atoms with van der Waals surface area (Å²) >= 11 is 1.20. The normalized spacial score (nSPS) is 14.3. The van der Waals surface area contributed by atoms with Crippen LogP contribution in [-0.2, 0) is 21.6 Å². The number of ether oxygens (including phenoxy) is 2. The first-order chi connectivity index (χ1) is 20.6. The molecule has 3 heterocycles. The van der Waals surface area contributed by atoms with Crippen molar-refractivity contribution in [3.63, 3.8) is 0 Å². The number of thiophene rings is 1. The van der Waals surface area contributed by atoms with Gasteiger partial charge in [-0.15, -0.1) is 0 Å². The Bertz CT molecular complexity index is 1810. The number of aromatic nitrogens is 4. The third kappa shape index (κ3) is 5.60. The van der Waals surface area contributed by atoms with E-state index in [0.717, 1.165) is 23.8 Å². The lowest BCUT2D eigenvalue weighted by Gasteiger charge is -2.32. The van der Waals surface area contributed by atoms with Crippen molar-refractivity contribution in [3.05, 3.63) is 74.4 Å². The monoisotopic (exact) mass is 608 g/mol. The summed E-state index contributed by atoms with van der Waals surface area (Å²) in [5.41, 5.74) is -1.92. The number of nitriles is 1. The number of nitrogens with zero attached hydrogens (tertiary/aromatic N) is 5. The van der Waals surface area contributed by atoms with Gasteiger partial charge >= 0.3 is 5.69 Å². The van der Waals surface area contributed by atoms with E-state index in [0.29, 0.717) is 26.7 Å². The highest BCUT2D eigenvalue weighted by atomic mass is 32.1. The fraction of sp³-hybridized carbons (Fsp3) is 0.433. The van der Waals surface area contributed by atoms with Crippen LogP contribution in [0.2, 0.25) is 0 Å². The Morgan fingerprint density at radius 3 is 2.72 bits per heavy atom. The highest BCUT2D eigenvalue weighted by Crippen LogP contribution is 2.34. The molecule has 3 aromatic heterocycles. The summed E-state index contributed by atoms with van der Waals surface area (Å²) in [6.45, 7) is 4.73. The number of nitrogens with one attached hydrogen (secondary N) is 1. The van der Waals surface area contributed by atoms with Crippen LogP contribution in [-0.4, -0.2) is 44.6 Å². The van der Waals surface area contributed by atoms with Crippen molar-refractivity contribution in [1.82, 2.24) is 24.2 Å². The Morgan fingerprint density at radius 2 is 2.09 bits per heavy atom. The van der Waals surface area contributed by atoms with E-state index in [1.807, 2.05) is 6.07 Å². The molecule has 0 spiro atoms. The summed E-state index contributed by atoms with van der Waals surface area (Å²) in [6, 6.07) is 7.75. The number of carbonyl (C=O) groups excluding carboxylic acids is 1. The molecule has 0 saturated heterocycles. The second-order valence-electron chi connectivity index (χ2n) is 11.0. The van der Waals surface area contributed by atoms with Gasteiger partial charge in [-0.3, -0.25) is 14.2 Å². The molecule has 1 aliphatic rings. The first-order valence-corrected chi connectivity index (χ1v) is 14.8. The van der Waals surface area contributed by atoms with Crippen molar-refractivity contribution in [3.8, 4) is 16.8 Å². The second-order valence-corrected chi connectivity index (χ2v) is 12.0. The lowest BCUT2D eigenvalue weighted by molar-refractivity contribution is -0.130. The van der Waals surface area contributed by atoms with Crippen molar-refractivity contribution in [1.29, 1.82) is 5.26 Å². The molecule has 13 heteroatoms. The second kappa shape index (κ2) is 12.1. The number of aryl methyl sites for hydroxylation is 1. The Hall–Kier alpha value is -4.28. The summed E-state index contributed by atoms with van der Waals surface area (Å²) in [5, 5.41) is 17.3. The standard InChI is InChI=1S/C30H33FN6O5S/c1-18-24-25(38)37(30(2,3)28(39)34-20-8-5-9-20)29(40)35(27(24)43-26(18)36-14-7-13-33-36)17-23(42-15-6-12-32)21-16-19(31)10-11-22(21)41-4/h7,10-11,13-14,16,20,23H,5-6,8-9,15,17H2,1-4H3,(H,34,39). The van der Waals surface area contributed by atoms with E-state index in [1.165, 1.54) is 41.2 Å². The molecule has 1 amide bonds. The van der Waals surface area contributed by atoms with Gasteiger partial charge in [0.15, 0.2) is 0 Å². The van der Waals surface area contributed by atoms with Gasteiger partial charge in [-0.1, -0.05) is 11.3 Å².